The molecule has 1 saturated heterocycles. The molecule has 0 saturated carbocycles. The molecule has 1 heterocycles. The third-order valence-electron chi connectivity index (χ3n) is 4.30. The van der Waals surface area contributed by atoms with E-state index in [9.17, 15) is 9.90 Å². The van der Waals surface area contributed by atoms with Crippen LogP contribution in [0.5, 0.6) is 11.5 Å². The molecule has 6 nitrogen and oxygen atoms in total. The van der Waals surface area contributed by atoms with Gasteiger partial charge in [0.2, 0.25) is 5.72 Å². The van der Waals surface area contributed by atoms with Crippen molar-refractivity contribution in [1.82, 2.24) is 4.90 Å². The lowest BCUT2D eigenvalue weighted by molar-refractivity contribution is -0.101. The standard InChI is InChI=1S/C18H19NO5/c1-19-17(20)24-16(12-4-8-14(22-2)9-5-12)18(19,21)13-6-10-15(23-3)11-7-13/h4-11,16,21H,1-3H3/t16-,18+/m1/s1. The summed E-state index contributed by atoms with van der Waals surface area (Å²) in [6, 6.07) is 14.0. The zero-order chi connectivity index (χ0) is 17.3. The molecule has 0 aromatic heterocycles. The van der Waals surface area contributed by atoms with Gasteiger partial charge in [-0.05, 0) is 29.8 Å². The van der Waals surface area contributed by atoms with Crippen LogP contribution < -0.4 is 9.47 Å². The molecule has 1 N–H and O–H groups in total. The molecule has 0 spiro atoms. The summed E-state index contributed by atoms with van der Waals surface area (Å²) in [5.41, 5.74) is -0.401. The third kappa shape index (κ3) is 2.45. The van der Waals surface area contributed by atoms with Gasteiger partial charge in [-0.3, -0.25) is 4.90 Å². The van der Waals surface area contributed by atoms with Crippen molar-refractivity contribution in [3.05, 3.63) is 59.7 Å². The highest BCUT2D eigenvalue weighted by atomic mass is 16.6. The summed E-state index contributed by atoms with van der Waals surface area (Å²) in [7, 11) is 4.65. The lowest BCUT2D eigenvalue weighted by atomic mass is 9.91. The normalized spacial score (nSPS) is 23.1. The molecule has 2 aromatic carbocycles. The summed E-state index contributed by atoms with van der Waals surface area (Å²) >= 11 is 0. The Bertz CT molecular complexity index is 728. The number of benzene rings is 2. The predicted octanol–water partition coefficient (Wildman–Crippen LogP) is 2.67. The smallest absolute Gasteiger partial charge is 0.412 e. The number of hydrogen-bond donors (Lipinski definition) is 1. The summed E-state index contributed by atoms with van der Waals surface area (Å²) in [5, 5.41) is 11.3. The van der Waals surface area contributed by atoms with Crippen LogP contribution in [0, 0.1) is 0 Å². The van der Waals surface area contributed by atoms with Gasteiger partial charge in [-0.2, -0.15) is 0 Å². The Hall–Kier alpha value is -2.73. The van der Waals surface area contributed by atoms with Crippen molar-refractivity contribution in [2.24, 2.45) is 0 Å². The highest BCUT2D eigenvalue weighted by Crippen LogP contribution is 2.46. The molecule has 1 fully saturated rings. The zero-order valence-corrected chi connectivity index (χ0v) is 13.7. The van der Waals surface area contributed by atoms with Crippen LogP contribution in [-0.2, 0) is 10.5 Å². The largest absolute Gasteiger partial charge is 0.497 e. The number of nitrogens with zero attached hydrogens (tertiary/aromatic N) is 1. The molecule has 0 bridgehead atoms. The molecule has 0 unspecified atom stereocenters. The van der Waals surface area contributed by atoms with Crippen molar-refractivity contribution in [1.29, 1.82) is 0 Å². The van der Waals surface area contributed by atoms with Crippen molar-refractivity contribution < 1.29 is 24.1 Å². The SMILES string of the molecule is COc1ccc([C@H]2OC(=O)N(C)[C@]2(O)c2ccc(OC)cc2)cc1. The van der Waals surface area contributed by atoms with Gasteiger partial charge in [-0.1, -0.05) is 24.3 Å². The number of likely N-dealkylation sites (N-methyl/N-ethyl adjacent to an activating group) is 1. The number of rotatable bonds is 4. The molecule has 1 aliphatic heterocycles. The molecule has 0 aliphatic carbocycles. The van der Waals surface area contributed by atoms with Crippen LogP contribution in [-0.4, -0.2) is 37.4 Å². The summed E-state index contributed by atoms with van der Waals surface area (Å²) in [5.74, 6) is 1.35. The van der Waals surface area contributed by atoms with Crippen LogP contribution >= 0.6 is 0 Å². The van der Waals surface area contributed by atoms with Crippen molar-refractivity contribution in [2.45, 2.75) is 11.8 Å². The monoisotopic (exact) mass is 329 g/mol. The van der Waals surface area contributed by atoms with Gasteiger partial charge in [0, 0.05) is 12.6 Å². The van der Waals surface area contributed by atoms with Crippen LogP contribution in [0.2, 0.25) is 0 Å². The van der Waals surface area contributed by atoms with Crippen molar-refractivity contribution in [3.63, 3.8) is 0 Å². The molecular weight excluding hydrogens is 310 g/mol. The maximum Gasteiger partial charge on any atom is 0.412 e. The summed E-state index contributed by atoms with van der Waals surface area (Å²) in [4.78, 5) is 13.3. The Morgan fingerprint density at radius 1 is 1.00 bits per heavy atom. The summed E-state index contributed by atoms with van der Waals surface area (Å²) in [6.45, 7) is 0. The Morgan fingerprint density at radius 2 is 1.50 bits per heavy atom. The van der Waals surface area contributed by atoms with Gasteiger partial charge < -0.3 is 19.3 Å². The minimum absolute atomic E-state index is 0.539. The summed E-state index contributed by atoms with van der Waals surface area (Å²) < 4.78 is 15.7. The van der Waals surface area contributed by atoms with E-state index in [0.717, 1.165) is 0 Å². The van der Waals surface area contributed by atoms with E-state index in [2.05, 4.69) is 0 Å². The maximum atomic E-state index is 12.1. The maximum absolute atomic E-state index is 12.1. The Labute approximate surface area is 140 Å². The molecule has 2 atom stereocenters. The second-order valence-electron chi connectivity index (χ2n) is 5.55. The molecular formula is C18H19NO5. The van der Waals surface area contributed by atoms with E-state index < -0.39 is 17.9 Å². The Balaban J connectivity index is 2.04. The molecule has 2 aromatic rings. The van der Waals surface area contributed by atoms with Crippen LogP contribution in [0.15, 0.2) is 48.5 Å². The van der Waals surface area contributed by atoms with Gasteiger partial charge in [0.25, 0.3) is 0 Å². The number of hydrogen-bond acceptors (Lipinski definition) is 5. The van der Waals surface area contributed by atoms with Crippen LogP contribution in [0.3, 0.4) is 0 Å². The topological polar surface area (TPSA) is 68.2 Å². The third-order valence-corrected chi connectivity index (χ3v) is 4.30. The molecule has 1 amide bonds. The number of aliphatic hydroxyl groups is 1. The predicted molar refractivity (Wildman–Crippen MR) is 86.9 cm³/mol. The van der Waals surface area contributed by atoms with Gasteiger partial charge in [-0.15, -0.1) is 0 Å². The van der Waals surface area contributed by atoms with Gasteiger partial charge in [0.05, 0.1) is 14.2 Å². The van der Waals surface area contributed by atoms with Gasteiger partial charge >= 0.3 is 6.09 Å². The van der Waals surface area contributed by atoms with E-state index >= 15 is 0 Å². The van der Waals surface area contributed by atoms with Crippen LogP contribution in [0.4, 0.5) is 4.79 Å². The molecule has 24 heavy (non-hydrogen) atoms. The fourth-order valence-electron chi connectivity index (χ4n) is 2.84. The number of amides is 1. The highest BCUT2D eigenvalue weighted by Gasteiger charge is 2.54. The molecule has 1 aliphatic rings. The first-order valence-corrected chi connectivity index (χ1v) is 7.46. The molecule has 6 heteroatoms. The van der Waals surface area contributed by atoms with E-state index in [4.69, 9.17) is 14.2 Å². The van der Waals surface area contributed by atoms with E-state index in [1.807, 2.05) is 0 Å². The van der Waals surface area contributed by atoms with Gasteiger partial charge in [0.15, 0.2) is 6.10 Å². The number of methoxy groups -OCH3 is 2. The van der Waals surface area contributed by atoms with Crippen LogP contribution in [0.25, 0.3) is 0 Å². The van der Waals surface area contributed by atoms with Gasteiger partial charge in [0.1, 0.15) is 11.5 Å². The summed E-state index contributed by atoms with van der Waals surface area (Å²) in [6.07, 6.45) is -1.44. The first-order valence-electron chi connectivity index (χ1n) is 7.46. The average molecular weight is 329 g/mol. The molecule has 0 radical (unpaired) electrons. The first-order chi connectivity index (χ1) is 11.5. The molecule has 126 valence electrons. The quantitative estimate of drug-likeness (QED) is 0.934. The lowest BCUT2D eigenvalue weighted by Gasteiger charge is -2.32. The zero-order valence-electron chi connectivity index (χ0n) is 13.7. The van der Waals surface area contributed by atoms with Gasteiger partial charge in [-0.25, -0.2) is 4.79 Å². The fraction of sp³-hybridized carbons (Fsp3) is 0.278. The number of ether oxygens (including phenoxy) is 3. The minimum atomic E-state index is -1.61. The number of carbonyl (C=O) groups excluding carboxylic acids is 1. The van der Waals surface area contributed by atoms with E-state index in [-0.39, 0.29) is 0 Å². The van der Waals surface area contributed by atoms with E-state index in [1.165, 1.54) is 11.9 Å². The van der Waals surface area contributed by atoms with E-state index in [0.29, 0.717) is 22.6 Å². The minimum Gasteiger partial charge on any atom is -0.497 e. The van der Waals surface area contributed by atoms with Crippen LogP contribution in [0.1, 0.15) is 17.2 Å². The first kappa shape index (κ1) is 16.1. The molecule has 3 rings (SSSR count). The number of carbonyl (C=O) groups is 1. The number of cyclic esters (lactones) is 1. The van der Waals surface area contributed by atoms with Crippen molar-refractivity contribution in [2.75, 3.05) is 21.3 Å². The second-order valence-corrected chi connectivity index (χ2v) is 5.55. The fourth-order valence-corrected chi connectivity index (χ4v) is 2.84. The average Bonchev–Trinajstić information content (AvgIpc) is 2.87. The highest BCUT2D eigenvalue weighted by molar-refractivity contribution is 5.72. The van der Waals surface area contributed by atoms with E-state index in [1.54, 1.807) is 62.8 Å². The van der Waals surface area contributed by atoms with Crippen molar-refractivity contribution in [3.8, 4) is 11.5 Å². The second kappa shape index (κ2) is 6.05. The van der Waals surface area contributed by atoms with Crippen molar-refractivity contribution >= 4 is 6.09 Å². The Morgan fingerprint density at radius 3 is 2.00 bits per heavy atom. The lowest BCUT2D eigenvalue weighted by Crippen LogP contribution is -2.43. The Kier molecular flexibility index (Phi) is 4.07.